The van der Waals surface area contributed by atoms with E-state index in [1.54, 1.807) is 0 Å². The summed E-state index contributed by atoms with van der Waals surface area (Å²) in [6.07, 6.45) is 1.04. The highest BCUT2D eigenvalue weighted by Crippen LogP contribution is 1.92. The van der Waals surface area contributed by atoms with Gasteiger partial charge in [-0.25, -0.2) is 4.79 Å². The molecule has 0 atom stereocenters. The second-order valence-electron chi connectivity index (χ2n) is 1.70. The van der Waals surface area contributed by atoms with Crippen LogP contribution in [-0.4, -0.2) is 17.3 Å². The molecule has 0 unspecified atom stereocenters. The second kappa shape index (κ2) is 5.22. The highest BCUT2D eigenvalue weighted by atomic mass is 79.9. The summed E-state index contributed by atoms with van der Waals surface area (Å²) in [6, 6.07) is -0.792. The number of nitrogens with one attached hydrogen (secondary N) is 1. The van der Waals surface area contributed by atoms with E-state index in [2.05, 4.69) is 21.7 Å². The monoisotopic (exact) mass is 208 g/mol. The third-order valence-corrected chi connectivity index (χ3v) is 1.36. The minimum atomic E-state index is -0.792. The van der Waals surface area contributed by atoms with Crippen LogP contribution in [0.3, 0.4) is 0 Å². The number of rotatable bonds is 3. The minimum Gasteiger partial charge on any atom is -0.351 e. The van der Waals surface area contributed by atoms with E-state index in [1.807, 2.05) is 5.32 Å². The first kappa shape index (κ1) is 9.42. The van der Waals surface area contributed by atoms with Crippen molar-refractivity contribution in [3.8, 4) is 0 Å². The molecule has 3 amide bonds. The molecule has 3 N–H and O–H groups in total. The molecule has 0 spiro atoms. The van der Waals surface area contributed by atoms with Gasteiger partial charge in [0, 0.05) is 11.8 Å². The third-order valence-electron chi connectivity index (χ3n) is 0.800. The number of hydrogen-bond acceptors (Lipinski definition) is 2. The molecule has 0 aromatic heterocycles. The molecule has 5 heteroatoms. The number of urea groups is 1. The number of alkyl halides is 1. The van der Waals surface area contributed by atoms with Gasteiger partial charge in [-0.2, -0.15) is 0 Å². The van der Waals surface area contributed by atoms with Crippen LogP contribution in [-0.2, 0) is 4.79 Å². The van der Waals surface area contributed by atoms with Gasteiger partial charge in [0.15, 0.2) is 0 Å². The zero-order valence-corrected chi connectivity index (χ0v) is 6.98. The van der Waals surface area contributed by atoms with Gasteiger partial charge in [-0.05, 0) is 6.42 Å². The number of imide groups is 1. The molecule has 0 aliphatic carbocycles. The molecule has 10 heavy (non-hydrogen) atoms. The largest absolute Gasteiger partial charge is 0.351 e. The van der Waals surface area contributed by atoms with Crippen molar-refractivity contribution >= 4 is 27.9 Å². The van der Waals surface area contributed by atoms with Crippen molar-refractivity contribution in [1.29, 1.82) is 0 Å². The van der Waals surface area contributed by atoms with Gasteiger partial charge >= 0.3 is 6.03 Å². The molecule has 0 saturated heterocycles. The van der Waals surface area contributed by atoms with E-state index in [0.29, 0.717) is 12.8 Å². The molecule has 0 aromatic carbocycles. The van der Waals surface area contributed by atoms with Crippen molar-refractivity contribution < 1.29 is 9.59 Å². The zero-order chi connectivity index (χ0) is 7.98. The summed E-state index contributed by atoms with van der Waals surface area (Å²) in [5, 5.41) is 2.71. The van der Waals surface area contributed by atoms with Gasteiger partial charge in [0.1, 0.15) is 0 Å². The fraction of sp³-hybridized carbons (Fsp3) is 0.600. The fourth-order valence-corrected chi connectivity index (χ4v) is 0.708. The summed E-state index contributed by atoms with van der Waals surface area (Å²) in [4.78, 5) is 20.6. The van der Waals surface area contributed by atoms with E-state index >= 15 is 0 Å². The van der Waals surface area contributed by atoms with Gasteiger partial charge in [0.25, 0.3) is 0 Å². The molecule has 0 aromatic rings. The Kier molecular flexibility index (Phi) is 4.92. The van der Waals surface area contributed by atoms with Gasteiger partial charge in [-0.1, -0.05) is 15.9 Å². The molecule has 0 aliphatic rings. The van der Waals surface area contributed by atoms with Crippen LogP contribution in [0, 0.1) is 0 Å². The van der Waals surface area contributed by atoms with E-state index in [-0.39, 0.29) is 5.91 Å². The summed E-state index contributed by atoms with van der Waals surface area (Å²) in [7, 11) is 0. The molecule has 0 radical (unpaired) electrons. The Labute approximate surface area is 67.3 Å². The molecule has 0 bridgehead atoms. The van der Waals surface area contributed by atoms with Crippen molar-refractivity contribution in [2.75, 3.05) is 5.33 Å². The topological polar surface area (TPSA) is 72.2 Å². The minimum absolute atomic E-state index is 0.327. The van der Waals surface area contributed by atoms with Crippen LogP contribution in [0.2, 0.25) is 0 Å². The summed E-state index contributed by atoms with van der Waals surface area (Å²) >= 11 is 3.15. The number of amides is 3. The Hall–Kier alpha value is -0.580. The van der Waals surface area contributed by atoms with Crippen LogP contribution >= 0.6 is 15.9 Å². The SMILES string of the molecule is NC(=O)NC(=O)CCCBr. The van der Waals surface area contributed by atoms with Crippen LogP contribution in [0.1, 0.15) is 12.8 Å². The number of nitrogens with two attached hydrogens (primary N) is 1. The maximum absolute atomic E-state index is 10.6. The van der Waals surface area contributed by atoms with Crippen molar-refractivity contribution in [2.45, 2.75) is 12.8 Å². The van der Waals surface area contributed by atoms with E-state index in [4.69, 9.17) is 0 Å². The van der Waals surface area contributed by atoms with E-state index in [1.165, 1.54) is 0 Å². The highest BCUT2D eigenvalue weighted by molar-refractivity contribution is 9.09. The molecular weight excluding hydrogens is 200 g/mol. The maximum atomic E-state index is 10.6. The number of halogens is 1. The van der Waals surface area contributed by atoms with Crippen LogP contribution in [0.5, 0.6) is 0 Å². The molecule has 0 fully saturated rings. The number of carbonyl (C=O) groups excluding carboxylic acids is 2. The summed E-state index contributed by atoms with van der Waals surface area (Å²) in [5.74, 6) is -0.327. The van der Waals surface area contributed by atoms with Gasteiger partial charge in [-0.3, -0.25) is 10.1 Å². The van der Waals surface area contributed by atoms with Gasteiger partial charge in [0.2, 0.25) is 5.91 Å². The van der Waals surface area contributed by atoms with Crippen LogP contribution in [0.4, 0.5) is 4.79 Å². The predicted molar refractivity (Wildman–Crippen MR) is 40.8 cm³/mol. The Balaban J connectivity index is 3.35. The van der Waals surface area contributed by atoms with E-state index < -0.39 is 6.03 Å². The normalized spacial score (nSPS) is 8.90. The summed E-state index contributed by atoms with van der Waals surface area (Å²) < 4.78 is 0. The van der Waals surface area contributed by atoms with Gasteiger partial charge in [-0.15, -0.1) is 0 Å². The summed E-state index contributed by atoms with van der Waals surface area (Å²) in [5.41, 5.74) is 4.68. The van der Waals surface area contributed by atoms with Crippen molar-refractivity contribution in [3.63, 3.8) is 0 Å². The van der Waals surface area contributed by atoms with Crippen LogP contribution < -0.4 is 11.1 Å². The third kappa shape index (κ3) is 5.55. The first-order valence-electron chi connectivity index (χ1n) is 2.82. The van der Waals surface area contributed by atoms with E-state index in [9.17, 15) is 9.59 Å². The smallest absolute Gasteiger partial charge is 0.318 e. The Morgan fingerprint density at radius 3 is 2.50 bits per heavy atom. The number of hydrogen-bond donors (Lipinski definition) is 2. The Morgan fingerprint density at radius 1 is 1.50 bits per heavy atom. The molecule has 0 saturated carbocycles. The van der Waals surface area contributed by atoms with E-state index in [0.717, 1.165) is 5.33 Å². The predicted octanol–water partition coefficient (Wildman–Crippen LogP) is 0.356. The summed E-state index contributed by atoms with van der Waals surface area (Å²) in [6.45, 7) is 0. The highest BCUT2D eigenvalue weighted by Gasteiger charge is 2.01. The molecule has 0 aliphatic heterocycles. The van der Waals surface area contributed by atoms with Crippen molar-refractivity contribution in [2.24, 2.45) is 5.73 Å². The molecule has 0 rings (SSSR count). The van der Waals surface area contributed by atoms with Gasteiger partial charge in [0.05, 0.1) is 0 Å². The molecule has 4 nitrogen and oxygen atoms in total. The Morgan fingerprint density at radius 2 is 2.10 bits per heavy atom. The number of carbonyl (C=O) groups is 2. The lowest BCUT2D eigenvalue weighted by molar-refractivity contribution is -0.119. The first-order chi connectivity index (χ1) is 4.66. The Bertz CT molecular complexity index is 138. The first-order valence-corrected chi connectivity index (χ1v) is 3.94. The standard InChI is InChI=1S/C5H9BrN2O2/c6-3-1-2-4(9)8-5(7)10/h1-3H2,(H3,7,8,9,10). The zero-order valence-electron chi connectivity index (χ0n) is 5.39. The molecule has 0 heterocycles. The average Bonchev–Trinajstić information content (AvgIpc) is 1.82. The lowest BCUT2D eigenvalue weighted by atomic mass is 10.3. The maximum Gasteiger partial charge on any atom is 0.318 e. The van der Waals surface area contributed by atoms with Crippen molar-refractivity contribution in [1.82, 2.24) is 5.32 Å². The molecular formula is C5H9BrN2O2. The fourth-order valence-electron chi connectivity index (χ4n) is 0.427. The quantitative estimate of drug-likeness (QED) is 0.658. The van der Waals surface area contributed by atoms with Crippen molar-refractivity contribution in [3.05, 3.63) is 0 Å². The van der Waals surface area contributed by atoms with Crippen LogP contribution in [0.15, 0.2) is 0 Å². The lowest BCUT2D eigenvalue weighted by Gasteiger charge is -1.96. The molecule has 58 valence electrons. The van der Waals surface area contributed by atoms with Crippen LogP contribution in [0.25, 0.3) is 0 Å². The second-order valence-corrected chi connectivity index (χ2v) is 2.50. The average molecular weight is 209 g/mol. The lowest BCUT2D eigenvalue weighted by Crippen LogP contribution is -2.34. The number of primary amides is 1. The van der Waals surface area contributed by atoms with Gasteiger partial charge < -0.3 is 5.73 Å².